The van der Waals surface area contributed by atoms with E-state index in [0.717, 1.165) is 13.0 Å². The standard InChI is InChI=1S/C8H17F3N2O/c1-2-4-13(5-3-12)6-7-14-8(9,10)11/h2-7,12H2,1H3. The summed E-state index contributed by atoms with van der Waals surface area (Å²) in [5.41, 5.74) is 5.31. The van der Waals surface area contributed by atoms with Gasteiger partial charge in [-0.2, -0.15) is 0 Å². The Labute approximate surface area is 82.0 Å². The maximum atomic E-state index is 11.6. The summed E-state index contributed by atoms with van der Waals surface area (Å²) in [5, 5.41) is 0. The molecule has 6 heteroatoms. The molecule has 0 amide bonds. The van der Waals surface area contributed by atoms with Crippen molar-refractivity contribution in [2.45, 2.75) is 19.7 Å². The van der Waals surface area contributed by atoms with Crippen LogP contribution < -0.4 is 5.73 Å². The van der Waals surface area contributed by atoms with E-state index < -0.39 is 6.36 Å². The Kier molecular flexibility index (Phi) is 6.86. The SMILES string of the molecule is CCCN(CCN)CCOC(F)(F)F. The van der Waals surface area contributed by atoms with Crippen molar-refractivity contribution in [1.82, 2.24) is 4.90 Å². The summed E-state index contributed by atoms with van der Waals surface area (Å²) in [6.07, 6.45) is -3.63. The van der Waals surface area contributed by atoms with E-state index in [0.29, 0.717) is 13.1 Å². The van der Waals surface area contributed by atoms with E-state index >= 15 is 0 Å². The van der Waals surface area contributed by atoms with Gasteiger partial charge in [0.25, 0.3) is 0 Å². The zero-order valence-electron chi connectivity index (χ0n) is 8.31. The van der Waals surface area contributed by atoms with Gasteiger partial charge in [-0.3, -0.25) is 9.64 Å². The first kappa shape index (κ1) is 13.7. The minimum absolute atomic E-state index is 0.268. The molecule has 2 N–H and O–H groups in total. The number of hydrogen-bond donors (Lipinski definition) is 1. The molecule has 0 saturated carbocycles. The summed E-state index contributed by atoms with van der Waals surface area (Å²) in [5.74, 6) is 0. The van der Waals surface area contributed by atoms with Gasteiger partial charge in [0, 0.05) is 19.6 Å². The third-order valence-corrected chi connectivity index (χ3v) is 1.66. The van der Waals surface area contributed by atoms with Gasteiger partial charge in [0.2, 0.25) is 0 Å². The molecule has 0 spiro atoms. The van der Waals surface area contributed by atoms with E-state index in [2.05, 4.69) is 4.74 Å². The van der Waals surface area contributed by atoms with Gasteiger partial charge < -0.3 is 5.73 Å². The molecule has 0 aliphatic heterocycles. The lowest BCUT2D eigenvalue weighted by Gasteiger charge is -2.20. The van der Waals surface area contributed by atoms with E-state index in [1.165, 1.54) is 0 Å². The molecule has 0 saturated heterocycles. The Hall–Kier alpha value is -0.330. The maximum Gasteiger partial charge on any atom is 0.522 e. The van der Waals surface area contributed by atoms with Gasteiger partial charge in [-0.15, -0.1) is 13.2 Å². The lowest BCUT2D eigenvalue weighted by Crippen LogP contribution is -2.34. The molecule has 0 heterocycles. The molecule has 0 radical (unpaired) electrons. The van der Waals surface area contributed by atoms with Gasteiger partial charge in [0.15, 0.2) is 0 Å². The Bertz CT molecular complexity index is 135. The lowest BCUT2D eigenvalue weighted by atomic mass is 10.4. The van der Waals surface area contributed by atoms with Gasteiger partial charge in [-0.05, 0) is 13.0 Å². The summed E-state index contributed by atoms with van der Waals surface area (Å²) in [4.78, 5) is 1.85. The van der Waals surface area contributed by atoms with E-state index in [1.807, 2.05) is 11.8 Å². The van der Waals surface area contributed by atoms with E-state index in [1.54, 1.807) is 0 Å². The molecule has 0 unspecified atom stereocenters. The first-order valence-electron chi connectivity index (χ1n) is 4.62. The van der Waals surface area contributed by atoms with Crippen LogP contribution in [0.4, 0.5) is 13.2 Å². The fourth-order valence-electron chi connectivity index (χ4n) is 1.12. The summed E-state index contributed by atoms with van der Waals surface area (Å²) in [6.45, 7) is 3.71. The average Bonchev–Trinajstić information content (AvgIpc) is 2.02. The monoisotopic (exact) mass is 214 g/mol. The Balaban J connectivity index is 3.60. The van der Waals surface area contributed by atoms with Crippen LogP contribution in [-0.4, -0.2) is 44.0 Å². The number of rotatable bonds is 7. The first-order valence-corrected chi connectivity index (χ1v) is 4.62. The second kappa shape index (κ2) is 7.03. The third-order valence-electron chi connectivity index (χ3n) is 1.66. The smallest absolute Gasteiger partial charge is 0.329 e. The molecule has 0 aliphatic carbocycles. The van der Waals surface area contributed by atoms with Crippen LogP contribution in [0.5, 0.6) is 0 Å². The van der Waals surface area contributed by atoms with Crippen molar-refractivity contribution in [3.05, 3.63) is 0 Å². The maximum absolute atomic E-state index is 11.6. The highest BCUT2D eigenvalue weighted by atomic mass is 19.4. The second-order valence-corrected chi connectivity index (χ2v) is 2.92. The zero-order chi connectivity index (χ0) is 11.0. The van der Waals surface area contributed by atoms with Crippen molar-refractivity contribution < 1.29 is 17.9 Å². The largest absolute Gasteiger partial charge is 0.522 e. The number of alkyl halides is 3. The summed E-state index contributed by atoms with van der Waals surface area (Å²) in [6, 6.07) is 0. The van der Waals surface area contributed by atoms with Crippen LogP contribution in [0.15, 0.2) is 0 Å². The van der Waals surface area contributed by atoms with Crippen LogP contribution in [0.25, 0.3) is 0 Å². The van der Waals surface area contributed by atoms with Gasteiger partial charge in [0.05, 0.1) is 6.61 Å². The van der Waals surface area contributed by atoms with Gasteiger partial charge in [-0.1, -0.05) is 6.92 Å². The fourth-order valence-corrected chi connectivity index (χ4v) is 1.12. The first-order chi connectivity index (χ1) is 6.49. The highest BCUT2D eigenvalue weighted by Gasteiger charge is 2.28. The van der Waals surface area contributed by atoms with E-state index in [4.69, 9.17) is 5.73 Å². The quantitative estimate of drug-likeness (QED) is 0.692. The van der Waals surface area contributed by atoms with Crippen LogP contribution in [-0.2, 0) is 4.74 Å². The predicted octanol–water partition coefficient (Wildman–Crippen LogP) is 1.19. The van der Waals surface area contributed by atoms with Crippen LogP contribution in [0.3, 0.4) is 0 Å². The highest BCUT2D eigenvalue weighted by molar-refractivity contribution is 4.56. The van der Waals surface area contributed by atoms with E-state index in [-0.39, 0.29) is 13.2 Å². The molecule has 14 heavy (non-hydrogen) atoms. The fraction of sp³-hybridized carbons (Fsp3) is 1.00. The topological polar surface area (TPSA) is 38.5 Å². The van der Waals surface area contributed by atoms with Crippen LogP contribution in [0.2, 0.25) is 0 Å². The van der Waals surface area contributed by atoms with Crippen LogP contribution in [0.1, 0.15) is 13.3 Å². The van der Waals surface area contributed by atoms with E-state index in [9.17, 15) is 13.2 Å². The van der Waals surface area contributed by atoms with Crippen molar-refractivity contribution in [3.63, 3.8) is 0 Å². The molecule has 0 aromatic rings. The van der Waals surface area contributed by atoms with Crippen molar-refractivity contribution in [2.75, 3.05) is 32.8 Å². The van der Waals surface area contributed by atoms with Crippen molar-refractivity contribution in [2.24, 2.45) is 5.73 Å². The number of nitrogens with zero attached hydrogens (tertiary/aromatic N) is 1. The molecule has 3 nitrogen and oxygen atoms in total. The molecule has 0 rings (SSSR count). The summed E-state index contributed by atoms with van der Waals surface area (Å²) in [7, 11) is 0. The number of ether oxygens (including phenoxy) is 1. The summed E-state index contributed by atoms with van der Waals surface area (Å²) < 4.78 is 38.5. The second-order valence-electron chi connectivity index (χ2n) is 2.92. The Morgan fingerprint density at radius 3 is 2.29 bits per heavy atom. The van der Waals surface area contributed by atoms with Crippen molar-refractivity contribution in [3.8, 4) is 0 Å². The molecule has 0 atom stereocenters. The van der Waals surface area contributed by atoms with Gasteiger partial charge >= 0.3 is 6.36 Å². The molecule has 0 bridgehead atoms. The zero-order valence-corrected chi connectivity index (χ0v) is 8.31. The van der Waals surface area contributed by atoms with Crippen molar-refractivity contribution >= 4 is 0 Å². The van der Waals surface area contributed by atoms with Crippen molar-refractivity contribution in [1.29, 1.82) is 0 Å². The number of halogens is 3. The number of hydrogen-bond acceptors (Lipinski definition) is 3. The molecule has 0 aromatic heterocycles. The summed E-state index contributed by atoms with van der Waals surface area (Å²) >= 11 is 0. The van der Waals surface area contributed by atoms with Crippen LogP contribution >= 0.6 is 0 Å². The molecular formula is C8H17F3N2O. The lowest BCUT2D eigenvalue weighted by molar-refractivity contribution is -0.325. The van der Waals surface area contributed by atoms with Gasteiger partial charge in [-0.25, -0.2) is 0 Å². The minimum atomic E-state index is -4.53. The minimum Gasteiger partial charge on any atom is -0.329 e. The normalized spacial score (nSPS) is 12.4. The molecule has 0 fully saturated rings. The predicted molar refractivity (Wildman–Crippen MR) is 47.8 cm³/mol. The van der Waals surface area contributed by atoms with Gasteiger partial charge in [0.1, 0.15) is 0 Å². The highest BCUT2D eigenvalue weighted by Crippen LogP contribution is 2.15. The molecule has 0 aromatic carbocycles. The molecular weight excluding hydrogens is 197 g/mol. The Morgan fingerprint density at radius 2 is 1.86 bits per heavy atom. The average molecular weight is 214 g/mol. The molecule has 86 valence electrons. The third kappa shape index (κ3) is 8.28. The number of nitrogens with two attached hydrogens (primary N) is 1. The van der Waals surface area contributed by atoms with Crippen LogP contribution in [0, 0.1) is 0 Å². The Morgan fingerprint density at radius 1 is 1.21 bits per heavy atom. The molecule has 0 aliphatic rings.